The van der Waals surface area contributed by atoms with E-state index in [9.17, 15) is 5.11 Å². The van der Waals surface area contributed by atoms with E-state index in [-0.39, 0.29) is 0 Å². The molecule has 4 nitrogen and oxygen atoms in total. The van der Waals surface area contributed by atoms with Crippen molar-refractivity contribution in [2.75, 3.05) is 11.1 Å². The van der Waals surface area contributed by atoms with Crippen LogP contribution in [-0.4, -0.2) is 20.8 Å². The highest BCUT2D eigenvalue weighted by atomic mass is 32.2. The van der Waals surface area contributed by atoms with Crippen molar-refractivity contribution in [1.29, 1.82) is 0 Å². The molecule has 1 unspecified atom stereocenters. The first-order valence-corrected chi connectivity index (χ1v) is 8.52. The van der Waals surface area contributed by atoms with Gasteiger partial charge in [-0.05, 0) is 37.1 Å². The van der Waals surface area contributed by atoms with Gasteiger partial charge < -0.3 is 10.4 Å². The first-order chi connectivity index (χ1) is 11.0. The topological polar surface area (TPSA) is 58.0 Å². The molecule has 0 saturated heterocycles. The summed E-state index contributed by atoms with van der Waals surface area (Å²) < 4.78 is 0. The number of hydrogen-bond acceptors (Lipinski definition) is 5. The minimum Gasteiger partial charge on any atom is -0.366 e. The summed E-state index contributed by atoms with van der Waals surface area (Å²) in [5.41, 5.74) is 3.85. The largest absolute Gasteiger partial charge is 0.366 e. The van der Waals surface area contributed by atoms with Crippen molar-refractivity contribution in [2.24, 2.45) is 0 Å². The number of fused-ring (bicyclic) bond motifs is 2. The highest BCUT2D eigenvalue weighted by molar-refractivity contribution is 7.99. The summed E-state index contributed by atoms with van der Waals surface area (Å²) >= 11 is 1.53. The molecule has 0 fully saturated rings. The van der Waals surface area contributed by atoms with Gasteiger partial charge in [-0.3, -0.25) is 0 Å². The van der Waals surface area contributed by atoms with Gasteiger partial charge in [-0.2, -0.15) is 0 Å². The van der Waals surface area contributed by atoms with Crippen LogP contribution in [0.25, 0.3) is 11.0 Å². The standard InChI is InChI=1S/C18H17N3OS/c1-11-8-14-15(9-12(11)2)20-17-16(19-14)21-18(22,10-23-17)13-6-4-3-5-7-13/h3-9,22H,10H2,1-2H3,(H,19,21). The van der Waals surface area contributed by atoms with Gasteiger partial charge in [-0.15, -0.1) is 0 Å². The van der Waals surface area contributed by atoms with Crippen molar-refractivity contribution in [1.82, 2.24) is 9.97 Å². The quantitative estimate of drug-likeness (QED) is 0.716. The first kappa shape index (κ1) is 14.5. The number of aromatic nitrogens is 2. The Labute approximate surface area is 139 Å². The Morgan fingerprint density at radius 2 is 1.70 bits per heavy atom. The van der Waals surface area contributed by atoms with Crippen molar-refractivity contribution >= 4 is 28.6 Å². The predicted molar refractivity (Wildman–Crippen MR) is 93.7 cm³/mol. The lowest BCUT2D eigenvalue weighted by Crippen LogP contribution is -2.40. The lowest BCUT2D eigenvalue weighted by Gasteiger charge is -2.34. The van der Waals surface area contributed by atoms with Crippen LogP contribution < -0.4 is 5.32 Å². The third-order valence-electron chi connectivity index (χ3n) is 4.24. The number of anilines is 1. The molecule has 1 aliphatic heterocycles. The van der Waals surface area contributed by atoms with Crippen molar-refractivity contribution < 1.29 is 5.11 Å². The summed E-state index contributed by atoms with van der Waals surface area (Å²) in [7, 11) is 0. The molecule has 5 heteroatoms. The number of rotatable bonds is 1. The summed E-state index contributed by atoms with van der Waals surface area (Å²) in [6.45, 7) is 4.15. The maximum absolute atomic E-state index is 11.0. The summed E-state index contributed by atoms with van der Waals surface area (Å²) in [4.78, 5) is 9.39. The second-order valence-corrected chi connectivity index (χ2v) is 6.91. The second kappa shape index (κ2) is 5.22. The number of nitrogens with one attached hydrogen (secondary N) is 1. The van der Waals surface area contributed by atoms with Gasteiger partial charge in [0.1, 0.15) is 5.03 Å². The molecule has 0 aliphatic carbocycles. The lowest BCUT2D eigenvalue weighted by atomic mass is 10.0. The number of thioether (sulfide) groups is 1. The molecular weight excluding hydrogens is 306 g/mol. The molecular formula is C18H17N3OS. The Bertz CT molecular complexity index is 898. The molecule has 1 aliphatic rings. The normalized spacial score (nSPS) is 20.1. The van der Waals surface area contributed by atoms with E-state index in [0.29, 0.717) is 11.6 Å². The summed E-state index contributed by atoms with van der Waals surface area (Å²) in [5.74, 6) is 1.14. The van der Waals surface area contributed by atoms with E-state index in [0.717, 1.165) is 21.6 Å². The van der Waals surface area contributed by atoms with E-state index in [1.807, 2.05) is 36.4 Å². The molecule has 4 rings (SSSR count). The van der Waals surface area contributed by atoms with E-state index < -0.39 is 5.72 Å². The van der Waals surface area contributed by atoms with Crippen LogP contribution in [-0.2, 0) is 5.72 Å². The van der Waals surface area contributed by atoms with Crippen LogP contribution in [0.4, 0.5) is 5.82 Å². The Balaban J connectivity index is 1.80. The number of aryl methyl sites for hydroxylation is 2. The number of aliphatic hydroxyl groups is 1. The van der Waals surface area contributed by atoms with Gasteiger partial charge >= 0.3 is 0 Å². The zero-order valence-corrected chi connectivity index (χ0v) is 13.8. The third-order valence-corrected chi connectivity index (χ3v) is 5.36. The highest BCUT2D eigenvalue weighted by Crippen LogP contribution is 2.39. The molecule has 0 spiro atoms. The lowest BCUT2D eigenvalue weighted by molar-refractivity contribution is 0.0918. The van der Waals surface area contributed by atoms with Crippen molar-refractivity contribution in [2.45, 2.75) is 24.6 Å². The van der Waals surface area contributed by atoms with Crippen LogP contribution in [0.1, 0.15) is 16.7 Å². The maximum atomic E-state index is 11.0. The molecule has 116 valence electrons. The van der Waals surface area contributed by atoms with Crippen LogP contribution in [0.2, 0.25) is 0 Å². The molecule has 23 heavy (non-hydrogen) atoms. The molecule has 2 N–H and O–H groups in total. The van der Waals surface area contributed by atoms with Crippen LogP contribution >= 0.6 is 11.8 Å². The zero-order valence-electron chi connectivity index (χ0n) is 13.0. The molecule has 0 saturated carbocycles. The zero-order chi connectivity index (χ0) is 16.0. The molecule has 2 heterocycles. The number of hydrogen-bond donors (Lipinski definition) is 2. The summed E-state index contributed by atoms with van der Waals surface area (Å²) in [6, 6.07) is 13.7. The minimum absolute atomic E-state index is 0.495. The van der Waals surface area contributed by atoms with Crippen molar-refractivity contribution in [3.63, 3.8) is 0 Å². The summed E-state index contributed by atoms with van der Waals surface area (Å²) in [5, 5.41) is 15.0. The Morgan fingerprint density at radius 1 is 1.04 bits per heavy atom. The Kier molecular flexibility index (Phi) is 3.28. The van der Waals surface area contributed by atoms with Gasteiger partial charge in [0.15, 0.2) is 11.5 Å². The molecule has 3 aromatic rings. The van der Waals surface area contributed by atoms with E-state index in [1.54, 1.807) is 0 Å². The van der Waals surface area contributed by atoms with Crippen LogP contribution in [0.15, 0.2) is 47.5 Å². The monoisotopic (exact) mass is 323 g/mol. The Morgan fingerprint density at radius 3 is 2.39 bits per heavy atom. The van der Waals surface area contributed by atoms with Gasteiger partial charge in [0, 0.05) is 5.56 Å². The van der Waals surface area contributed by atoms with Crippen LogP contribution in [0.3, 0.4) is 0 Å². The van der Waals surface area contributed by atoms with Gasteiger partial charge in [-0.25, -0.2) is 9.97 Å². The molecule has 2 aromatic carbocycles. The van der Waals surface area contributed by atoms with E-state index in [4.69, 9.17) is 4.98 Å². The van der Waals surface area contributed by atoms with E-state index in [2.05, 4.69) is 30.2 Å². The summed E-state index contributed by atoms with van der Waals surface area (Å²) in [6.07, 6.45) is 0. The average molecular weight is 323 g/mol. The second-order valence-electron chi connectivity index (χ2n) is 5.94. The number of nitrogens with zero attached hydrogens (tertiary/aromatic N) is 2. The van der Waals surface area contributed by atoms with E-state index in [1.165, 1.54) is 22.9 Å². The third kappa shape index (κ3) is 2.46. The molecule has 0 amide bonds. The fourth-order valence-electron chi connectivity index (χ4n) is 2.75. The first-order valence-electron chi connectivity index (χ1n) is 7.53. The van der Waals surface area contributed by atoms with Crippen LogP contribution in [0, 0.1) is 13.8 Å². The molecule has 0 radical (unpaired) electrons. The Hall–Kier alpha value is -2.11. The average Bonchev–Trinajstić information content (AvgIpc) is 2.55. The van der Waals surface area contributed by atoms with Crippen LogP contribution in [0.5, 0.6) is 0 Å². The highest BCUT2D eigenvalue weighted by Gasteiger charge is 2.35. The number of benzene rings is 2. The minimum atomic E-state index is -1.12. The van der Waals surface area contributed by atoms with Crippen molar-refractivity contribution in [3.8, 4) is 0 Å². The van der Waals surface area contributed by atoms with Gasteiger partial charge in [0.2, 0.25) is 0 Å². The van der Waals surface area contributed by atoms with Gasteiger partial charge in [-0.1, -0.05) is 42.1 Å². The SMILES string of the molecule is Cc1cc2nc3c(nc2cc1C)SCC(O)(c1ccccc1)N3. The smallest absolute Gasteiger partial charge is 0.172 e. The fourth-order valence-corrected chi connectivity index (χ4v) is 3.73. The maximum Gasteiger partial charge on any atom is 0.172 e. The molecule has 0 bridgehead atoms. The van der Waals surface area contributed by atoms with Gasteiger partial charge in [0.25, 0.3) is 0 Å². The molecule has 1 aromatic heterocycles. The molecule has 1 atom stereocenters. The predicted octanol–water partition coefficient (Wildman–Crippen LogP) is 3.61. The van der Waals surface area contributed by atoms with Crippen molar-refractivity contribution in [3.05, 3.63) is 59.2 Å². The van der Waals surface area contributed by atoms with E-state index >= 15 is 0 Å². The fraction of sp³-hybridized carbons (Fsp3) is 0.222. The van der Waals surface area contributed by atoms with Gasteiger partial charge in [0.05, 0.1) is 16.8 Å².